The predicted octanol–water partition coefficient (Wildman–Crippen LogP) is 1.85. The fourth-order valence-electron chi connectivity index (χ4n) is 3.31. The molecule has 0 aromatic heterocycles. The van der Waals surface area contributed by atoms with Gasteiger partial charge in [0, 0.05) is 0 Å². The van der Waals surface area contributed by atoms with Crippen LogP contribution in [-0.2, 0) is 9.59 Å². The molecule has 1 aromatic rings. The van der Waals surface area contributed by atoms with E-state index < -0.39 is 17.8 Å². The number of aromatic hydroxyl groups is 1. The molecule has 3 N–H and O–H groups in total. The van der Waals surface area contributed by atoms with Gasteiger partial charge in [-0.3, -0.25) is 9.59 Å². The van der Waals surface area contributed by atoms with Gasteiger partial charge in [-0.1, -0.05) is 24.3 Å². The van der Waals surface area contributed by atoms with E-state index in [0.717, 1.165) is 6.42 Å². The van der Waals surface area contributed by atoms with Crippen molar-refractivity contribution in [3.8, 4) is 5.75 Å². The molecule has 0 unspecified atom stereocenters. The average molecular weight is 273 g/mol. The Hall–Kier alpha value is -2.30. The van der Waals surface area contributed by atoms with E-state index in [1.54, 1.807) is 18.2 Å². The molecular formula is C15H15NO4. The van der Waals surface area contributed by atoms with Crippen LogP contribution >= 0.6 is 0 Å². The highest BCUT2D eigenvalue weighted by Crippen LogP contribution is 2.48. The first kappa shape index (κ1) is 12.7. The fourth-order valence-corrected chi connectivity index (χ4v) is 3.31. The summed E-state index contributed by atoms with van der Waals surface area (Å²) in [4.78, 5) is 23.7. The lowest BCUT2D eigenvalue weighted by atomic mass is 9.82. The number of phenols is 1. The molecule has 1 aromatic carbocycles. The van der Waals surface area contributed by atoms with Crippen LogP contribution in [0.3, 0.4) is 0 Å². The second kappa shape index (κ2) is 4.67. The van der Waals surface area contributed by atoms with Gasteiger partial charge in [0.25, 0.3) is 0 Å². The van der Waals surface area contributed by atoms with E-state index in [9.17, 15) is 19.8 Å². The Morgan fingerprint density at radius 2 is 1.75 bits per heavy atom. The summed E-state index contributed by atoms with van der Waals surface area (Å²) in [5, 5.41) is 21.6. The van der Waals surface area contributed by atoms with Gasteiger partial charge in [-0.2, -0.15) is 0 Å². The Balaban J connectivity index is 1.82. The van der Waals surface area contributed by atoms with E-state index in [4.69, 9.17) is 0 Å². The highest BCUT2D eigenvalue weighted by atomic mass is 16.4. The van der Waals surface area contributed by atoms with Gasteiger partial charge >= 0.3 is 5.97 Å². The van der Waals surface area contributed by atoms with Gasteiger partial charge in [-0.25, -0.2) is 0 Å². The molecule has 0 radical (unpaired) electrons. The number of carbonyl (C=O) groups is 2. The Kier molecular flexibility index (Phi) is 2.97. The van der Waals surface area contributed by atoms with E-state index in [-0.39, 0.29) is 23.5 Å². The standard InChI is InChI=1S/C15H15NO4/c17-11-4-2-1-3-10(11)16-14(18)12-8-5-6-9(7-8)13(12)15(19)20/h1-6,8-9,12-13,17H,7H2,(H,16,18)(H,19,20)/t8-,9+,12+,13+/m0/s1. The molecule has 104 valence electrons. The molecule has 5 heteroatoms. The summed E-state index contributed by atoms with van der Waals surface area (Å²) >= 11 is 0. The van der Waals surface area contributed by atoms with Crippen molar-refractivity contribution < 1.29 is 19.8 Å². The number of fused-ring (bicyclic) bond motifs is 2. The Bertz CT molecular complexity index is 595. The average Bonchev–Trinajstić information content (AvgIpc) is 3.01. The van der Waals surface area contributed by atoms with Gasteiger partial charge in [0.05, 0.1) is 17.5 Å². The van der Waals surface area contributed by atoms with Crippen molar-refractivity contribution in [2.75, 3.05) is 5.32 Å². The minimum absolute atomic E-state index is 0.0213. The zero-order valence-corrected chi connectivity index (χ0v) is 10.7. The number of benzene rings is 1. The van der Waals surface area contributed by atoms with Gasteiger partial charge in [0.15, 0.2) is 0 Å². The third-order valence-electron chi connectivity index (χ3n) is 4.21. The summed E-state index contributed by atoms with van der Waals surface area (Å²) in [6, 6.07) is 6.42. The lowest BCUT2D eigenvalue weighted by Crippen LogP contribution is -2.36. The van der Waals surface area contributed by atoms with Crippen molar-refractivity contribution in [1.29, 1.82) is 0 Å². The third kappa shape index (κ3) is 1.95. The number of phenolic OH excluding ortho intramolecular Hbond substituents is 1. The zero-order chi connectivity index (χ0) is 14.3. The van der Waals surface area contributed by atoms with E-state index in [1.165, 1.54) is 6.07 Å². The minimum Gasteiger partial charge on any atom is -0.506 e. The molecule has 3 rings (SSSR count). The SMILES string of the molecule is O=C(O)[C@H]1[C@H](C(=O)Nc2ccccc2O)[C@H]2C=C[C@@H]1C2. The molecule has 1 saturated carbocycles. The maximum atomic E-state index is 12.4. The van der Waals surface area contributed by atoms with Crippen LogP contribution in [0.2, 0.25) is 0 Å². The molecule has 0 saturated heterocycles. The van der Waals surface area contributed by atoms with Crippen LogP contribution in [0.5, 0.6) is 5.75 Å². The molecule has 2 aliphatic carbocycles. The molecule has 20 heavy (non-hydrogen) atoms. The molecule has 4 atom stereocenters. The molecular weight excluding hydrogens is 258 g/mol. The van der Waals surface area contributed by atoms with E-state index in [0.29, 0.717) is 5.69 Å². The molecule has 2 bridgehead atoms. The van der Waals surface area contributed by atoms with Gasteiger partial charge in [-0.05, 0) is 30.4 Å². The van der Waals surface area contributed by atoms with Crippen molar-refractivity contribution in [3.05, 3.63) is 36.4 Å². The number of carboxylic acid groups (broad SMARTS) is 1. The fraction of sp³-hybridized carbons (Fsp3) is 0.333. The first-order valence-corrected chi connectivity index (χ1v) is 6.58. The summed E-state index contributed by atoms with van der Waals surface area (Å²) in [7, 11) is 0. The van der Waals surface area contributed by atoms with Crippen LogP contribution in [0.4, 0.5) is 5.69 Å². The predicted molar refractivity (Wildman–Crippen MR) is 72.1 cm³/mol. The molecule has 0 aliphatic heterocycles. The van der Waals surface area contributed by atoms with Crippen LogP contribution in [0.25, 0.3) is 0 Å². The van der Waals surface area contributed by atoms with Crippen LogP contribution in [0.1, 0.15) is 6.42 Å². The maximum Gasteiger partial charge on any atom is 0.307 e. The highest BCUT2D eigenvalue weighted by Gasteiger charge is 2.51. The Morgan fingerprint density at radius 3 is 2.40 bits per heavy atom. The van der Waals surface area contributed by atoms with Crippen molar-refractivity contribution in [1.82, 2.24) is 0 Å². The van der Waals surface area contributed by atoms with E-state index in [2.05, 4.69) is 5.32 Å². The number of para-hydroxylation sites is 2. The summed E-state index contributed by atoms with van der Waals surface area (Å²) in [6.45, 7) is 0. The molecule has 0 spiro atoms. The number of hydrogen-bond donors (Lipinski definition) is 3. The number of anilines is 1. The van der Waals surface area contributed by atoms with Crippen molar-refractivity contribution in [2.45, 2.75) is 6.42 Å². The molecule has 0 heterocycles. The monoisotopic (exact) mass is 273 g/mol. The maximum absolute atomic E-state index is 12.4. The summed E-state index contributed by atoms with van der Waals surface area (Å²) < 4.78 is 0. The lowest BCUT2D eigenvalue weighted by Gasteiger charge is -2.24. The van der Waals surface area contributed by atoms with Gasteiger partial charge < -0.3 is 15.5 Å². The van der Waals surface area contributed by atoms with Gasteiger partial charge in [-0.15, -0.1) is 0 Å². The number of rotatable bonds is 3. The smallest absolute Gasteiger partial charge is 0.307 e. The third-order valence-corrected chi connectivity index (χ3v) is 4.21. The largest absolute Gasteiger partial charge is 0.506 e. The molecule has 5 nitrogen and oxygen atoms in total. The number of hydrogen-bond acceptors (Lipinski definition) is 3. The van der Waals surface area contributed by atoms with E-state index >= 15 is 0 Å². The summed E-state index contributed by atoms with van der Waals surface area (Å²) in [6.07, 6.45) is 4.54. The normalized spacial score (nSPS) is 30.4. The zero-order valence-electron chi connectivity index (χ0n) is 10.7. The number of carbonyl (C=O) groups excluding carboxylic acids is 1. The van der Waals surface area contributed by atoms with E-state index in [1.807, 2.05) is 12.2 Å². The van der Waals surface area contributed by atoms with Gasteiger partial charge in [0.2, 0.25) is 5.91 Å². The number of allylic oxidation sites excluding steroid dienone is 2. The van der Waals surface area contributed by atoms with Crippen LogP contribution < -0.4 is 5.32 Å². The van der Waals surface area contributed by atoms with Crippen molar-refractivity contribution >= 4 is 17.6 Å². The first-order valence-electron chi connectivity index (χ1n) is 6.58. The Labute approximate surface area is 115 Å². The Morgan fingerprint density at radius 1 is 1.10 bits per heavy atom. The van der Waals surface area contributed by atoms with Crippen LogP contribution in [0, 0.1) is 23.7 Å². The summed E-state index contributed by atoms with van der Waals surface area (Å²) in [5.41, 5.74) is 0.313. The quantitative estimate of drug-likeness (QED) is 0.579. The highest BCUT2D eigenvalue weighted by molar-refractivity contribution is 5.97. The lowest BCUT2D eigenvalue weighted by molar-refractivity contribution is -0.146. The molecule has 2 aliphatic rings. The van der Waals surface area contributed by atoms with Gasteiger partial charge in [0.1, 0.15) is 5.75 Å². The van der Waals surface area contributed by atoms with Crippen LogP contribution in [-0.4, -0.2) is 22.1 Å². The molecule has 1 amide bonds. The second-order valence-electron chi connectivity index (χ2n) is 5.34. The second-order valence-corrected chi connectivity index (χ2v) is 5.34. The topological polar surface area (TPSA) is 86.6 Å². The number of carboxylic acids is 1. The van der Waals surface area contributed by atoms with Crippen LogP contribution in [0.15, 0.2) is 36.4 Å². The molecule has 1 fully saturated rings. The van der Waals surface area contributed by atoms with Crippen molar-refractivity contribution in [3.63, 3.8) is 0 Å². The number of aliphatic carboxylic acids is 1. The minimum atomic E-state index is -0.931. The number of nitrogens with one attached hydrogen (secondary N) is 1. The summed E-state index contributed by atoms with van der Waals surface area (Å²) in [5.74, 6) is -2.61. The first-order chi connectivity index (χ1) is 9.58. The number of amides is 1. The van der Waals surface area contributed by atoms with Crippen molar-refractivity contribution in [2.24, 2.45) is 23.7 Å².